The van der Waals surface area contributed by atoms with Crippen molar-refractivity contribution in [3.63, 3.8) is 0 Å². The summed E-state index contributed by atoms with van der Waals surface area (Å²) < 4.78 is 0. The van der Waals surface area contributed by atoms with Gasteiger partial charge in [-0.15, -0.1) is 0 Å². The fourth-order valence-corrected chi connectivity index (χ4v) is 4.20. The predicted molar refractivity (Wildman–Crippen MR) is 82.3 cm³/mol. The first kappa shape index (κ1) is 12.5. The minimum absolute atomic E-state index is 0.0270. The van der Waals surface area contributed by atoms with Crippen LogP contribution in [-0.4, -0.2) is 10.2 Å². The molecule has 21 heavy (non-hydrogen) atoms. The lowest BCUT2D eigenvalue weighted by atomic mass is 9.66. The summed E-state index contributed by atoms with van der Waals surface area (Å²) in [6, 6.07) is 15.2. The Kier molecular flexibility index (Phi) is 2.61. The van der Waals surface area contributed by atoms with Crippen LogP contribution in [0.2, 0.25) is 0 Å². The Morgan fingerprint density at radius 3 is 1.67 bits per heavy atom. The van der Waals surface area contributed by atoms with E-state index in [0.717, 1.165) is 6.42 Å². The van der Waals surface area contributed by atoms with E-state index in [4.69, 9.17) is 0 Å². The van der Waals surface area contributed by atoms with Gasteiger partial charge >= 0.3 is 0 Å². The highest BCUT2D eigenvalue weighted by Crippen LogP contribution is 2.57. The van der Waals surface area contributed by atoms with Crippen molar-refractivity contribution in [3.8, 4) is 11.5 Å². The highest BCUT2D eigenvalue weighted by atomic mass is 16.3. The Labute approximate surface area is 124 Å². The van der Waals surface area contributed by atoms with Crippen molar-refractivity contribution in [2.24, 2.45) is 11.8 Å². The van der Waals surface area contributed by atoms with Gasteiger partial charge in [0.25, 0.3) is 0 Å². The highest BCUT2D eigenvalue weighted by molar-refractivity contribution is 5.47. The van der Waals surface area contributed by atoms with Gasteiger partial charge in [-0.25, -0.2) is 0 Å². The molecule has 106 valence electrons. The van der Waals surface area contributed by atoms with Crippen molar-refractivity contribution >= 4 is 0 Å². The maximum Gasteiger partial charge on any atom is 0.115 e. The molecule has 2 bridgehead atoms. The molecular formula is C19H18O2. The van der Waals surface area contributed by atoms with E-state index >= 15 is 0 Å². The molecule has 2 N–H and O–H groups in total. The molecule has 2 aromatic carbocycles. The third kappa shape index (κ3) is 1.79. The van der Waals surface area contributed by atoms with Crippen LogP contribution in [0.5, 0.6) is 11.5 Å². The standard InChI is InChI=1S/C19H18O2/c20-17-7-3-14(4-8-17)19(12-13-1-2-16(19)11-13)15-5-9-18(21)10-6-15/h1-10,13,16,20-21H,11-12H2. The second kappa shape index (κ2) is 4.39. The summed E-state index contributed by atoms with van der Waals surface area (Å²) in [4.78, 5) is 0. The third-order valence-electron chi connectivity index (χ3n) is 5.15. The average Bonchev–Trinajstić information content (AvgIpc) is 3.10. The van der Waals surface area contributed by atoms with Gasteiger partial charge < -0.3 is 10.2 Å². The molecule has 4 rings (SSSR count). The van der Waals surface area contributed by atoms with Crippen molar-refractivity contribution in [3.05, 3.63) is 71.8 Å². The first-order valence-electron chi connectivity index (χ1n) is 7.46. The molecule has 2 aliphatic carbocycles. The lowest BCUT2D eigenvalue weighted by Gasteiger charge is -2.37. The van der Waals surface area contributed by atoms with Gasteiger partial charge in [-0.1, -0.05) is 36.4 Å². The van der Waals surface area contributed by atoms with Crippen LogP contribution in [0.1, 0.15) is 24.0 Å². The van der Waals surface area contributed by atoms with Crippen LogP contribution in [0.3, 0.4) is 0 Å². The zero-order valence-corrected chi connectivity index (χ0v) is 11.7. The van der Waals surface area contributed by atoms with Crippen molar-refractivity contribution in [1.82, 2.24) is 0 Å². The van der Waals surface area contributed by atoms with Gasteiger partial charge in [0.2, 0.25) is 0 Å². The van der Waals surface area contributed by atoms with E-state index in [0.29, 0.717) is 23.3 Å². The van der Waals surface area contributed by atoms with Gasteiger partial charge in [0, 0.05) is 5.41 Å². The van der Waals surface area contributed by atoms with E-state index in [2.05, 4.69) is 12.2 Å². The zero-order valence-electron chi connectivity index (χ0n) is 11.7. The molecule has 2 nitrogen and oxygen atoms in total. The van der Waals surface area contributed by atoms with Crippen molar-refractivity contribution in [2.45, 2.75) is 18.3 Å². The molecular weight excluding hydrogens is 260 g/mol. The number of benzene rings is 2. The Balaban J connectivity index is 1.89. The summed E-state index contributed by atoms with van der Waals surface area (Å²) in [7, 11) is 0. The third-order valence-corrected chi connectivity index (χ3v) is 5.15. The highest BCUT2D eigenvalue weighted by Gasteiger charge is 2.50. The van der Waals surface area contributed by atoms with Crippen molar-refractivity contribution < 1.29 is 10.2 Å². The number of phenolic OH excluding ortho intramolecular Hbond substituents is 2. The molecule has 2 aromatic rings. The molecule has 2 aliphatic rings. The quantitative estimate of drug-likeness (QED) is 0.816. The van der Waals surface area contributed by atoms with Crippen LogP contribution in [-0.2, 0) is 5.41 Å². The maximum atomic E-state index is 9.58. The molecule has 0 aromatic heterocycles. The van der Waals surface area contributed by atoms with Gasteiger partial charge in [0.05, 0.1) is 0 Å². The van der Waals surface area contributed by atoms with Gasteiger partial charge in [-0.3, -0.25) is 0 Å². The Bertz CT molecular complexity index is 637. The second-order valence-corrected chi connectivity index (χ2v) is 6.26. The zero-order chi connectivity index (χ0) is 14.4. The van der Waals surface area contributed by atoms with Crippen molar-refractivity contribution in [2.75, 3.05) is 0 Å². The van der Waals surface area contributed by atoms with E-state index < -0.39 is 0 Å². The largest absolute Gasteiger partial charge is 0.508 e. The minimum atomic E-state index is -0.0270. The van der Waals surface area contributed by atoms with Crippen LogP contribution >= 0.6 is 0 Å². The fourth-order valence-electron chi connectivity index (χ4n) is 4.20. The molecule has 0 radical (unpaired) electrons. The Hall–Kier alpha value is -2.22. The summed E-state index contributed by atoms with van der Waals surface area (Å²) >= 11 is 0. The minimum Gasteiger partial charge on any atom is -0.508 e. The van der Waals surface area contributed by atoms with Crippen LogP contribution in [0.15, 0.2) is 60.7 Å². The Morgan fingerprint density at radius 2 is 1.29 bits per heavy atom. The number of allylic oxidation sites excluding steroid dienone is 2. The van der Waals surface area contributed by atoms with E-state index in [9.17, 15) is 10.2 Å². The average molecular weight is 278 g/mol. The van der Waals surface area contributed by atoms with Gasteiger partial charge in [-0.2, -0.15) is 0 Å². The first-order chi connectivity index (χ1) is 10.2. The van der Waals surface area contributed by atoms with Crippen LogP contribution in [0, 0.1) is 11.8 Å². The lowest BCUT2D eigenvalue weighted by molar-refractivity contribution is 0.428. The normalized spacial score (nSPS) is 25.3. The smallest absolute Gasteiger partial charge is 0.115 e. The molecule has 2 heteroatoms. The summed E-state index contributed by atoms with van der Waals surface area (Å²) in [5.74, 6) is 1.74. The van der Waals surface area contributed by atoms with Gasteiger partial charge in [0.15, 0.2) is 0 Å². The predicted octanol–water partition coefficient (Wildman–Crippen LogP) is 3.98. The summed E-state index contributed by atoms with van der Waals surface area (Å²) in [5, 5.41) is 19.2. The molecule has 1 fully saturated rings. The fraction of sp³-hybridized carbons (Fsp3) is 0.263. The van der Waals surface area contributed by atoms with E-state index in [1.54, 1.807) is 24.3 Å². The number of phenols is 2. The summed E-state index contributed by atoms with van der Waals surface area (Å²) in [5.41, 5.74) is 2.48. The van der Waals surface area contributed by atoms with Crippen LogP contribution in [0.25, 0.3) is 0 Å². The summed E-state index contributed by atoms with van der Waals surface area (Å²) in [6.07, 6.45) is 6.98. The molecule has 2 unspecified atom stereocenters. The summed E-state index contributed by atoms with van der Waals surface area (Å²) in [6.45, 7) is 0. The first-order valence-corrected chi connectivity index (χ1v) is 7.46. The van der Waals surface area contributed by atoms with E-state index in [1.807, 2.05) is 24.3 Å². The molecule has 0 saturated heterocycles. The SMILES string of the molecule is Oc1ccc(C2(c3ccc(O)cc3)CC3C=CC2C3)cc1. The lowest BCUT2D eigenvalue weighted by Crippen LogP contribution is -2.32. The molecule has 0 aliphatic heterocycles. The maximum absolute atomic E-state index is 9.58. The van der Waals surface area contributed by atoms with Gasteiger partial charge in [-0.05, 0) is 60.1 Å². The molecule has 1 saturated carbocycles. The van der Waals surface area contributed by atoms with Crippen LogP contribution in [0.4, 0.5) is 0 Å². The number of hydrogen-bond donors (Lipinski definition) is 2. The van der Waals surface area contributed by atoms with Gasteiger partial charge in [0.1, 0.15) is 11.5 Å². The van der Waals surface area contributed by atoms with E-state index in [1.165, 1.54) is 17.5 Å². The number of hydrogen-bond acceptors (Lipinski definition) is 2. The molecule has 0 spiro atoms. The molecule has 0 heterocycles. The number of rotatable bonds is 2. The van der Waals surface area contributed by atoms with E-state index in [-0.39, 0.29) is 5.41 Å². The van der Waals surface area contributed by atoms with Crippen LogP contribution < -0.4 is 0 Å². The number of aromatic hydroxyl groups is 2. The van der Waals surface area contributed by atoms with Crippen molar-refractivity contribution in [1.29, 1.82) is 0 Å². The Morgan fingerprint density at radius 1 is 0.762 bits per heavy atom. The second-order valence-electron chi connectivity index (χ2n) is 6.26. The molecule has 0 amide bonds. The topological polar surface area (TPSA) is 40.5 Å². The molecule has 2 atom stereocenters. The monoisotopic (exact) mass is 278 g/mol. The number of fused-ring (bicyclic) bond motifs is 2.